The first-order valence-corrected chi connectivity index (χ1v) is 5.02. The Balaban J connectivity index is 2.04. The van der Waals surface area contributed by atoms with Crippen LogP contribution in [0.5, 0.6) is 0 Å². The monoisotopic (exact) mass is 245 g/mol. The summed E-state index contributed by atoms with van der Waals surface area (Å²) in [5.74, 6) is 0.626. The van der Waals surface area contributed by atoms with E-state index >= 15 is 0 Å². The highest BCUT2D eigenvalue weighted by Gasteiger charge is 2.03. The van der Waals surface area contributed by atoms with E-state index in [9.17, 15) is 0 Å². The van der Waals surface area contributed by atoms with E-state index in [1.54, 1.807) is 12.1 Å². The van der Waals surface area contributed by atoms with Gasteiger partial charge in [0.05, 0.1) is 16.6 Å². The molecule has 1 aliphatic rings. The van der Waals surface area contributed by atoms with E-state index in [4.69, 9.17) is 23.2 Å². The van der Waals surface area contributed by atoms with Gasteiger partial charge in [-0.2, -0.15) is 11.1 Å². The van der Waals surface area contributed by atoms with Crippen LogP contribution in [0.3, 0.4) is 0 Å². The SMILES string of the molecule is Clc1ccc(CN=C2NNNN2)cc1Cl. The molecule has 0 amide bonds. The Morgan fingerprint density at radius 2 is 1.80 bits per heavy atom. The summed E-state index contributed by atoms with van der Waals surface area (Å²) in [6.07, 6.45) is 0. The largest absolute Gasteiger partial charge is 0.276 e. The van der Waals surface area contributed by atoms with Crippen LogP contribution < -0.4 is 21.9 Å². The minimum Gasteiger partial charge on any atom is -0.276 e. The van der Waals surface area contributed by atoms with Crippen molar-refractivity contribution in [2.75, 3.05) is 0 Å². The Labute approximate surface area is 96.8 Å². The van der Waals surface area contributed by atoms with Crippen molar-refractivity contribution < 1.29 is 0 Å². The first-order valence-electron chi connectivity index (χ1n) is 4.26. The number of benzene rings is 1. The summed E-state index contributed by atoms with van der Waals surface area (Å²) < 4.78 is 0. The number of rotatable bonds is 2. The van der Waals surface area contributed by atoms with Crippen molar-refractivity contribution in [3.8, 4) is 0 Å². The van der Waals surface area contributed by atoms with E-state index in [-0.39, 0.29) is 0 Å². The van der Waals surface area contributed by atoms with Crippen LogP contribution in [0.1, 0.15) is 5.56 Å². The normalized spacial score (nSPS) is 14.7. The fourth-order valence-electron chi connectivity index (χ4n) is 1.10. The van der Waals surface area contributed by atoms with Gasteiger partial charge in [0.2, 0.25) is 5.96 Å². The van der Waals surface area contributed by atoms with Crippen molar-refractivity contribution in [3.05, 3.63) is 33.8 Å². The average Bonchev–Trinajstić information content (AvgIpc) is 2.73. The van der Waals surface area contributed by atoms with Crippen molar-refractivity contribution in [1.29, 1.82) is 0 Å². The molecule has 15 heavy (non-hydrogen) atoms. The maximum atomic E-state index is 5.87. The van der Waals surface area contributed by atoms with E-state index in [0.717, 1.165) is 5.56 Å². The van der Waals surface area contributed by atoms with Gasteiger partial charge in [0, 0.05) is 0 Å². The highest BCUT2D eigenvalue weighted by atomic mass is 35.5. The number of guanidine groups is 1. The van der Waals surface area contributed by atoms with E-state index < -0.39 is 0 Å². The molecule has 1 heterocycles. The molecule has 0 aliphatic carbocycles. The maximum Gasteiger partial charge on any atom is 0.223 e. The number of hydrogen-bond acceptors (Lipinski definition) is 3. The highest BCUT2D eigenvalue weighted by molar-refractivity contribution is 6.42. The van der Waals surface area contributed by atoms with Gasteiger partial charge in [0.15, 0.2) is 0 Å². The minimum absolute atomic E-state index is 0.523. The van der Waals surface area contributed by atoms with Crippen molar-refractivity contribution in [1.82, 2.24) is 21.9 Å². The van der Waals surface area contributed by atoms with Crippen LogP contribution >= 0.6 is 23.2 Å². The predicted octanol–water partition coefficient (Wildman–Crippen LogP) is 0.966. The first-order chi connectivity index (χ1) is 7.25. The van der Waals surface area contributed by atoms with Gasteiger partial charge in [0.1, 0.15) is 0 Å². The molecule has 0 saturated carbocycles. The summed E-state index contributed by atoms with van der Waals surface area (Å²) in [7, 11) is 0. The highest BCUT2D eigenvalue weighted by Crippen LogP contribution is 2.22. The fourth-order valence-corrected chi connectivity index (χ4v) is 1.42. The second-order valence-corrected chi connectivity index (χ2v) is 3.73. The number of nitrogens with one attached hydrogen (secondary N) is 4. The van der Waals surface area contributed by atoms with Crippen molar-refractivity contribution in [3.63, 3.8) is 0 Å². The Kier molecular flexibility index (Phi) is 3.27. The lowest BCUT2D eigenvalue weighted by atomic mass is 10.2. The van der Waals surface area contributed by atoms with E-state index in [2.05, 4.69) is 26.9 Å². The minimum atomic E-state index is 0.523. The molecule has 0 spiro atoms. The average molecular weight is 246 g/mol. The smallest absolute Gasteiger partial charge is 0.223 e. The molecular weight excluding hydrogens is 237 g/mol. The Morgan fingerprint density at radius 1 is 1.07 bits per heavy atom. The standard InChI is InChI=1S/C8H9Cl2N5/c9-6-2-1-5(3-7(6)10)4-11-8-12-14-15-13-8/h1-3,14-15H,4H2,(H2,11,12,13). The number of aliphatic imine (C=N–C) groups is 1. The molecule has 2 rings (SSSR count). The van der Waals surface area contributed by atoms with Crippen LogP contribution in [0.25, 0.3) is 0 Å². The van der Waals surface area contributed by atoms with Gasteiger partial charge in [-0.1, -0.05) is 29.3 Å². The molecule has 1 fully saturated rings. The quantitative estimate of drug-likeness (QED) is 0.628. The number of hydrogen-bond donors (Lipinski definition) is 4. The summed E-state index contributed by atoms with van der Waals surface area (Å²) >= 11 is 11.7. The Bertz CT molecular complexity index is 385. The maximum absolute atomic E-state index is 5.87. The third kappa shape index (κ3) is 2.73. The molecule has 5 nitrogen and oxygen atoms in total. The van der Waals surface area contributed by atoms with Crippen LogP contribution in [0.4, 0.5) is 0 Å². The molecule has 0 bridgehead atoms. The summed E-state index contributed by atoms with van der Waals surface area (Å²) in [6.45, 7) is 0.523. The first kappa shape index (κ1) is 10.5. The van der Waals surface area contributed by atoms with Gasteiger partial charge < -0.3 is 0 Å². The second kappa shape index (κ2) is 4.67. The van der Waals surface area contributed by atoms with Crippen molar-refractivity contribution >= 4 is 29.2 Å². The molecule has 0 atom stereocenters. The molecule has 1 aromatic rings. The molecule has 1 saturated heterocycles. The molecule has 4 N–H and O–H groups in total. The summed E-state index contributed by atoms with van der Waals surface area (Å²) in [5, 5.41) is 1.09. The van der Waals surface area contributed by atoms with Gasteiger partial charge in [-0.3, -0.25) is 10.9 Å². The summed E-state index contributed by atoms with van der Waals surface area (Å²) in [6, 6.07) is 5.43. The molecule has 0 unspecified atom stereocenters. The van der Waals surface area contributed by atoms with Crippen molar-refractivity contribution in [2.24, 2.45) is 4.99 Å². The zero-order chi connectivity index (χ0) is 10.7. The van der Waals surface area contributed by atoms with Gasteiger partial charge in [-0.25, -0.2) is 4.99 Å². The third-order valence-electron chi connectivity index (χ3n) is 1.83. The topological polar surface area (TPSA) is 60.5 Å². The third-order valence-corrected chi connectivity index (χ3v) is 2.57. The Hall–Kier alpha value is -1.01. The lowest BCUT2D eigenvalue weighted by molar-refractivity contribution is 0.556. The second-order valence-electron chi connectivity index (χ2n) is 2.91. The zero-order valence-corrected chi connectivity index (χ0v) is 9.15. The van der Waals surface area contributed by atoms with Crippen molar-refractivity contribution in [2.45, 2.75) is 6.54 Å². The van der Waals surface area contributed by atoms with Gasteiger partial charge in [-0.15, -0.1) is 0 Å². The molecule has 1 aliphatic heterocycles. The van der Waals surface area contributed by atoms with Gasteiger partial charge in [0.25, 0.3) is 0 Å². The van der Waals surface area contributed by atoms with Crippen LogP contribution in [0.2, 0.25) is 10.0 Å². The Morgan fingerprint density at radius 3 is 2.47 bits per heavy atom. The van der Waals surface area contributed by atoms with Crippen LogP contribution in [0, 0.1) is 0 Å². The van der Waals surface area contributed by atoms with Gasteiger partial charge >= 0.3 is 0 Å². The molecule has 0 aromatic heterocycles. The zero-order valence-electron chi connectivity index (χ0n) is 7.64. The lowest BCUT2D eigenvalue weighted by Crippen LogP contribution is -2.33. The lowest BCUT2D eigenvalue weighted by Gasteiger charge is -2.00. The van der Waals surface area contributed by atoms with Gasteiger partial charge in [-0.05, 0) is 17.7 Å². The van der Waals surface area contributed by atoms with E-state index in [0.29, 0.717) is 22.5 Å². The van der Waals surface area contributed by atoms with E-state index in [1.165, 1.54) is 0 Å². The molecular formula is C8H9Cl2N5. The number of hydrazine groups is 3. The molecule has 80 valence electrons. The molecule has 0 radical (unpaired) electrons. The molecule has 7 heteroatoms. The van der Waals surface area contributed by atoms with Crippen LogP contribution in [0.15, 0.2) is 23.2 Å². The fraction of sp³-hybridized carbons (Fsp3) is 0.125. The predicted molar refractivity (Wildman–Crippen MR) is 60.1 cm³/mol. The molecule has 1 aromatic carbocycles. The van der Waals surface area contributed by atoms with Crippen LogP contribution in [-0.4, -0.2) is 5.96 Å². The van der Waals surface area contributed by atoms with E-state index in [1.807, 2.05) is 6.07 Å². The summed E-state index contributed by atoms with van der Waals surface area (Å²) in [5.41, 5.74) is 11.8. The summed E-state index contributed by atoms with van der Waals surface area (Å²) in [4.78, 5) is 4.23. The van der Waals surface area contributed by atoms with Crippen LogP contribution in [-0.2, 0) is 6.54 Å². The number of nitrogens with zero attached hydrogens (tertiary/aromatic N) is 1. The number of halogens is 2.